The molecule has 1 atom stereocenters. The lowest BCUT2D eigenvalue weighted by Crippen LogP contribution is -2.37. The van der Waals surface area contributed by atoms with Gasteiger partial charge in [-0.05, 0) is 44.2 Å². The number of aryl methyl sites for hydroxylation is 1. The van der Waals surface area contributed by atoms with Crippen LogP contribution in [0.5, 0.6) is 0 Å². The van der Waals surface area contributed by atoms with Gasteiger partial charge >= 0.3 is 5.97 Å². The monoisotopic (exact) mass is 312 g/mol. The summed E-state index contributed by atoms with van der Waals surface area (Å²) in [4.78, 5) is 23.6. The van der Waals surface area contributed by atoms with Crippen molar-refractivity contribution in [2.24, 2.45) is 5.92 Å². The van der Waals surface area contributed by atoms with E-state index in [1.54, 1.807) is 0 Å². The first-order valence-electron chi connectivity index (χ1n) is 7.64. The van der Waals surface area contributed by atoms with Crippen LogP contribution in [-0.4, -0.2) is 24.5 Å². The first-order chi connectivity index (χ1) is 11.0. The van der Waals surface area contributed by atoms with Crippen LogP contribution in [0, 0.1) is 24.2 Å². The van der Waals surface area contributed by atoms with E-state index < -0.39 is 5.97 Å². The zero-order valence-corrected chi connectivity index (χ0v) is 13.3. The van der Waals surface area contributed by atoms with Crippen molar-refractivity contribution in [3.8, 4) is 6.07 Å². The van der Waals surface area contributed by atoms with E-state index >= 15 is 0 Å². The van der Waals surface area contributed by atoms with Crippen LogP contribution in [0.2, 0.25) is 0 Å². The summed E-state index contributed by atoms with van der Waals surface area (Å²) in [6.07, 6.45) is 3.70. The van der Waals surface area contributed by atoms with Crippen LogP contribution in [0.4, 0.5) is 0 Å². The predicted octanol–water partition coefficient (Wildman–Crippen LogP) is 2.36. The third-order valence-electron chi connectivity index (χ3n) is 3.78. The number of hydrogen-bond acceptors (Lipinski definition) is 4. The fraction of sp³-hybridized carbons (Fsp3) is 0.389. The van der Waals surface area contributed by atoms with Crippen molar-refractivity contribution >= 4 is 18.0 Å². The third kappa shape index (κ3) is 5.26. The number of rotatable bonds is 6. The average Bonchev–Trinajstić information content (AvgIpc) is 3.37. The van der Waals surface area contributed by atoms with Crippen molar-refractivity contribution in [3.05, 3.63) is 41.0 Å². The van der Waals surface area contributed by atoms with Gasteiger partial charge in [-0.15, -0.1) is 0 Å². The van der Waals surface area contributed by atoms with Crippen LogP contribution in [0.15, 0.2) is 29.8 Å². The second-order valence-corrected chi connectivity index (χ2v) is 5.85. The molecule has 5 nitrogen and oxygen atoms in total. The van der Waals surface area contributed by atoms with Crippen molar-refractivity contribution in [2.45, 2.75) is 32.7 Å². The summed E-state index contributed by atoms with van der Waals surface area (Å²) in [6.45, 7) is 3.52. The molecule has 2 rings (SSSR count). The second kappa shape index (κ2) is 7.59. The Balaban J connectivity index is 1.88. The lowest BCUT2D eigenvalue weighted by Gasteiger charge is -2.12. The molecule has 0 radical (unpaired) electrons. The molecular formula is C18H20N2O3. The zero-order chi connectivity index (χ0) is 16.8. The third-order valence-corrected chi connectivity index (χ3v) is 3.78. The first-order valence-corrected chi connectivity index (χ1v) is 7.64. The topological polar surface area (TPSA) is 79.2 Å². The summed E-state index contributed by atoms with van der Waals surface area (Å²) in [5.74, 6) is -0.599. The number of carbonyl (C=O) groups is 2. The van der Waals surface area contributed by atoms with Crippen LogP contribution in [0.3, 0.4) is 0 Å². The standard InChI is InChI=1S/C18H20N2O3/c1-12-3-5-14(6-4-12)9-16(10-19)18(22)23-11-17(21)20-13(2)15-7-8-15/h3-6,9,13,15H,7-8,11H2,1-2H3,(H,20,21)/b16-9+/t13-/m0/s1. The SMILES string of the molecule is Cc1ccc(/C=C(\C#N)C(=O)OCC(=O)N[C@@H](C)C2CC2)cc1. The molecule has 5 heteroatoms. The molecule has 1 saturated carbocycles. The van der Waals surface area contributed by atoms with Gasteiger partial charge in [-0.1, -0.05) is 29.8 Å². The normalized spacial score (nSPS) is 15.4. The molecule has 0 unspecified atom stereocenters. The first kappa shape index (κ1) is 16.8. The molecular weight excluding hydrogens is 292 g/mol. The Labute approximate surface area is 135 Å². The summed E-state index contributed by atoms with van der Waals surface area (Å²) in [5.41, 5.74) is 1.69. The second-order valence-electron chi connectivity index (χ2n) is 5.85. The molecule has 0 saturated heterocycles. The highest BCUT2D eigenvalue weighted by Crippen LogP contribution is 2.32. The highest BCUT2D eigenvalue weighted by molar-refractivity contribution is 5.98. The minimum atomic E-state index is -0.790. The Kier molecular flexibility index (Phi) is 5.53. The van der Waals surface area contributed by atoms with Crippen molar-refractivity contribution in [3.63, 3.8) is 0 Å². The summed E-state index contributed by atoms with van der Waals surface area (Å²) in [6, 6.07) is 9.30. The minimum Gasteiger partial charge on any atom is -0.451 e. The largest absolute Gasteiger partial charge is 0.451 e. The van der Waals surface area contributed by atoms with Crippen molar-refractivity contribution in [2.75, 3.05) is 6.61 Å². The summed E-state index contributed by atoms with van der Waals surface area (Å²) < 4.78 is 4.91. The Morgan fingerprint density at radius 1 is 1.39 bits per heavy atom. The molecule has 1 aliphatic rings. The van der Waals surface area contributed by atoms with Crippen LogP contribution in [0.25, 0.3) is 6.08 Å². The van der Waals surface area contributed by atoms with Gasteiger partial charge in [0.1, 0.15) is 11.6 Å². The number of nitrogens with zero attached hydrogens (tertiary/aromatic N) is 1. The summed E-state index contributed by atoms with van der Waals surface area (Å²) in [5, 5.41) is 11.9. The smallest absolute Gasteiger partial charge is 0.349 e. The lowest BCUT2D eigenvalue weighted by molar-refractivity contribution is -0.144. The van der Waals surface area contributed by atoms with E-state index in [4.69, 9.17) is 10.00 Å². The van der Waals surface area contributed by atoms with Gasteiger partial charge in [-0.25, -0.2) is 4.79 Å². The Hall–Kier alpha value is -2.61. The molecule has 1 aromatic rings. The Morgan fingerprint density at radius 3 is 2.61 bits per heavy atom. The average molecular weight is 312 g/mol. The number of ether oxygens (including phenoxy) is 1. The molecule has 1 aliphatic carbocycles. The fourth-order valence-electron chi connectivity index (χ4n) is 2.18. The number of esters is 1. The van der Waals surface area contributed by atoms with E-state index in [1.807, 2.05) is 44.2 Å². The maximum atomic E-state index is 11.9. The molecule has 0 bridgehead atoms. The van der Waals surface area contributed by atoms with E-state index in [9.17, 15) is 9.59 Å². The molecule has 1 aromatic carbocycles. The van der Waals surface area contributed by atoms with Gasteiger partial charge in [0.25, 0.3) is 5.91 Å². The molecule has 1 amide bonds. The number of amides is 1. The molecule has 23 heavy (non-hydrogen) atoms. The maximum absolute atomic E-state index is 11.9. The van der Waals surface area contributed by atoms with Crippen molar-refractivity contribution in [1.82, 2.24) is 5.32 Å². The number of carbonyl (C=O) groups excluding carboxylic acids is 2. The van der Waals surface area contributed by atoms with Gasteiger partial charge in [0.05, 0.1) is 0 Å². The van der Waals surface area contributed by atoms with Crippen LogP contribution in [0.1, 0.15) is 30.9 Å². The molecule has 120 valence electrons. The summed E-state index contributed by atoms with van der Waals surface area (Å²) >= 11 is 0. The predicted molar refractivity (Wildman–Crippen MR) is 86.1 cm³/mol. The molecule has 0 aromatic heterocycles. The maximum Gasteiger partial charge on any atom is 0.349 e. The number of nitriles is 1. The zero-order valence-electron chi connectivity index (χ0n) is 13.3. The van der Waals surface area contributed by atoms with Crippen LogP contribution >= 0.6 is 0 Å². The van der Waals surface area contributed by atoms with Gasteiger partial charge < -0.3 is 10.1 Å². The fourth-order valence-corrected chi connectivity index (χ4v) is 2.18. The van der Waals surface area contributed by atoms with Gasteiger partial charge in [0.2, 0.25) is 0 Å². The van der Waals surface area contributed by atoms with Crippen molar-refractivity contribution < 1.29 is 14.3 Å². The molecule has 0 aliphatic heterocycles. The van der Waals surface area contributed by atoms with E-state index in [0.29, 0.717) is 5.92 Å². The lowest BCUT2D eigenvalue weighted by atomic mass is 10.1. The van der Waals surface area contributed by atoms with Crippen molar-refractivity contribution in [1.29, 1.82) is 5.26 Å². The van der Waals surface area contributed by atoms with Gasteiger partial charge in [0, 0.05) is 6.04 Å². The van der Waals surface area contributed by atoms with E-state index in [0.717, 1.165) is 24.0 Å². The quantitative estimate of drug-likeness (QED) is 0.497. The van der Waals surface area contributed by atoms with Gasteiger partial charge in [-0.3, -0.25) is 4.79 Å². The Morgan fingerprint density at radius 2 is 2.04 bits per heavy atom. The Bertz CT molecular complexity index is 652. The molecule has 1 N–H and O–H groups in total. The van der Waals surface area contributed by atoms with E-state index in [2.05, 4.69) is 5.32 Å². The molecule has 1 fully saturated rings. The van der Waals surface area contributed by atoms with E-state index in [-0.39, 0.29) is 24.1 Å². The number of benzene rings is 1. The highest BCUT2D eigenvalue weighted by Gasteiger charge is 2.29. The molecule has 0 spiro atoms. The van der Waals surface area contributed by atoms with Crippen LogP contribution in [-0.2, 0) is 14.3 Å². The number of hydrogen-bond donors (Lipinski definition) is 1. The minimum absolute atomic E-state index is 0.0970. The number of nitrogens with one attached hydrogen (secondary N) is 1. The van der Waals surface area contributed by atoms with E-state index in [1.165, 1.54) is 6.08 Å². The van der Waals surface area contributed by atoms with Gasteiger partial charge in [-0.2, -0.15) is 5.26 Å². The summed E-state index contributed by atoms with van der Waals surface area (Å²) in [7, 11) is 0. The highest BCUT2D eigenvalue weighted by atomic mass is 16.5. The molecule has 0 heterocycles. The van der Waals surface area contributed by atoms with Gasteiger partial charge in [0.15, 0.2) is 6.61 Å². The van der Waals surface area contributed by atoms with Crippen LogP contribution < -0.4 is 5.32 Å².